The van der Waals surface area contributed by atoms with Crippen LogP contribution in [0.3, 0.4) is 0 Å². The molecule has 3 fully saturated rings. The summed E-state index contributed by atoms with van der Waals surface area (Å²) in [7, 11) is 1.54. The quantitative estimate of drug-likeness (QED) is 0.253. The molecule has 7 heteroatoms. The van der Waals surface area contributed by atoms with Crippen LogP contribution in [0.5, 0.6) is 5.75 Å². The van der Waals surface area contributed by atoms with Crippen molar-refractivity contribution in [2.24, 2.45) is 23.7 Å². The van der Waals surface area contributed by atoms with Gasteiger partial charge in [0.15, 0.2) is 6.10 Å². The maximum atomic E-state index is 13.6. The molecular weight excluding hydrogens is 482 g/mol. The van der Waals surface area contributed by atoms with Gasteiger partial charge in [0.25, 0.3) is 0 Å². The number of esters is 1. The first kappa shape index (κ1) is 24.1. The monoisotopic (exact) mass is 509 g/mol. The Morgan fingerprint density at radius 3 is 2.05 bits per heavy atom. The summed E-state index contributed by atoms with van der Waals surface area (Å²) < 4.78 is 11.0. The molecule has 0 radical (unpaired) electrons. The van der Waals surface area contributed by atoms with Gasteiger partial charge < -0.3 is 9.47 Å². The molecule has 38 heavy (non-hydrogen) atoms. The van der Waals surface area contributed by atoms with Crippen LogP contribution >= 0.6 is 0 Å². The minimum absolute atomic E-state index is 0.0741. The van der Waals surface area contributed by atoms with Gasteiger partial charge in [-0.25, -0.2) is 9.69 Å². The van der Waals surface area contributed by atoms with Crippen molar-refractivity contribution in [3.63, 3.8) is 0 Å². The predicted octanol–water partition coefficient (Wildman–Crippen LogP) is 5.01. The average molecular weight is 510 g/mol. The van der Waals surface area contributed by atoms with E-state index in [1.807, 2.05) is 6.07 Å². The Bertz CT molecular complexity index is 1390. The number of benzene rings is 3. The van der Waals surface area contributed by atoms with E-state index in [0.29, 0.717) is 16.9 Å². The zero-order valence-corrected chi connectivity index (χ0v) is 20.9. The van der Waals surface area contributed by atoms with Crippen molar-refractivity contribution in [3.05, 3.63) is 95.6 Å². The van der Waals surface area contributed by atoms with Gasteiger partial charge >= 0.3 is 5.97 Å². The Kier molecular flexibility index (Phi) is 6.06. The van der Waals surface area contributed by atoms with Gasteiger partial charge in [-0.15, -0.1) is 0 Å². The number of anilines is 1. The number of ether oxygens (including phenoxy) is 2. The maximum Gasteiger partial charge on any atom is 0.341 e. The highest BCUT2D eigenvalue weighted by Crippen LogP contribution is 2.56. The van der Waals surface area contributed by atoms with Gasteiger partial charge in [0.2, 0.25) is 17.6 Å². The van der Waals surface area contributed by atoms with Gasteiger partial charge in [-0.3, -0.25) is 14.4 Å². The standard InChI is InChI=1S/C31H27NO6/c1-37-22-15-13-18(14-16-22)27(33)28(19-7-3-2-4-8-19)38-31(36)23-9-5-6-10-24(23)32-29(34)25-20-11-12-21(17-20)26(25)30(32)35/h2-10,13-16,20-21,25-26,28H,11-12,17H2,1H3/t20-,21-,25-,26+,28-/m0/s1. The van der Waals surface area contributed by atoms with E-state index in [0.717, 1.165) is 19.3 Å². The second-order valence-electron chi connectivity index (χ2n) is 10.2. The number of fused-ring (bicyclic) bond motifs is 5. The van der Waals surface area contributed by atoms with Crippen molar-refractivity contribution in [2.45, 2.75) is 25.4 Å². The molecule has 2 saturated carbocycles. The van der Waals surface area contributed by atoms with Crippen LogP contribution in [-0.2, 0) is 14.3 Å². The molecule has 3 aromatic rings. The fraction of sp³-hybridized carbons (Fsp3) is 0.290. The summed E-state index contributed by atoms with van der Waals surface area (Å²) in [6.07, 6.45) is 1.64. The van der Waals surface area contributed by atoms with E-state index in [1.165, 1.54) is 18.1 Å². The summed E-state index contributed by atoms with van der Waals surface area (Å²) in [5, 5.41) is 0. The number of nitrogens with zero attached hydrogens (tertiary/aromatic N) is 1. The molecule has 2 aliphatic carbocycles. The minimum Gasteiger partial charge on any atom is -0.497 e. The van der Waals surface area contributed by atoms with Crippen LogP contribution in [0.1, 0.15) is 51.6 Å². The molecule has 0 N–H and O–H groups in total. The Labute approximate surface area is 220 Å². The number of hydrogen-bond donors (Lipinski definition) is 0. The van der Waals surface area contributed by atoms with Crippen molar-refractivity contribution in [1.82, 2.24) is 0 Å². The normalized spacial score (nSPS) is 24.3. The van der Waals surface area contributed by atoms with Gasteiger partial charge in [0, 0.05) is 11.1 Å². The van der Waals surface area contributed by atoms with E-state index in [-0.39, 0.29) is 46.7 Å². The molecule has 7 nitrogen and oxygen atoms in total. The van der Waals surface area contributed by atoms with E-state index < -0.39 is 17.9 Å². The number of carbonyl (C=O) groups excluding carboxylic acids is 4. The first-order valence-electron chi connectivity index (χ1n) is 12.9. The lowest BCUT2D eigenvalue weighted by Gasteiger charge is -2.22. The van der Waals surface area contributed by atoms with Crippen molar-refractivity contribution in [2.75, 3.05) is 12.0 Å². The SMILES string of the molecule is COc1ccc(C(=O)[C@@H](OC(=O)c2ccccc2N2C(=O)[C@@H]3[C@H]4CC[C@@H](C4)[C@@H]3C2=O)c2ccccc2)cc1. The van der Waals surface area contributed by atoms with Crippen LogP contribution in [-0.4, -0.2) is 30.7 Å². The highest BCUT2D eigenvalue weighted by atomic mass is 16.5. The lowest BCUT2D eigenvalue weighted by molar-refractivity contribution is -0.123. The number of Topliss-reactive ketones (excluding diaryl/α,β-unsaturated/α-hetero) is 1. The highest BCUT2D eigenvalue weighted by Gasteiger charge is 2.61. The Morgan fingerprint density at radius 2 is 1.42 bits per heavy atom. The van der Waals surface area contributed by atoms with Crippen molar-refractivity contribution in [3.8, 4) is 5.75 Å². The summed E-state index contributed by atoms with van der Waals surface area (Å²) >= 11 is 0. The van der Waals surface area contributed by atoms with Gasteiger partial charge in [-0.2, -0.15) is 0 Å². The molecular formula is C31H27NO6. The van der Waals surface area contributed by atoms with Crippen LogP contribution < -0.4 is 9.64 Å². The van der Waals surface area contributed by atoms with Crippen LogP contribution in [0.2, 0.25) is 0 Å². The Morgan fingerprint density at radius 1 is 0.816 bits per heavy atom. The summed E-state index contributed by atoms with van der Waals surface area (Å²) in [5.41, 5.74) is 1.16. The molecule has 5 atom stereocenters. The number of amides is 2. The highest BCUT2D eigenvalue weighted by molar-refractivity contribution is 6.24. The number of imide groups is 1. The summed E-state index contributed by atoms with van der Waals surface area (Å²) in [5.74, 6) is -1.20. The van der Waals surface area contributed by atoms with Gasteiger partial charge in [0.1, 0.15) is 5.75 Å². The van der Waals surface area contributed by atoms with Gasteiger partial charge in [-0.05, 0) is 67.5 Å². The van der Waals surface area contributed by atoms with Crippen LogP contribution in [0, 0.1) is 23.7 Å². The molecule has 3 aliphatic rings. The average Bonchev–Trinajstić information content (AvgIpc) is 3.65. The molecule has 1 saturated heterocycles. The second kappa shape index (κ2) is 9.56. The molecule has 192 valence electrons. The Balaban J connectivity index is 1.32. The zero-order chi connectivity index (χ0) is 26.4. The number of methoxy groups -OCH3 is 1. The fourth-order valence-electron chi connectivity index (χ4n) is 6.47. The largest absolute Gasteiger partial charge is 0.497 e. The first-order chi connectivity index (χ1) is 18.5. The molecule has 0 spiro atoms. The number of ketones is 1. The number of carbonyl (C=O) groups is 4. The molecule has 1 heterocycles. The summed E-state index contributed by atoms with van der Waals surface area (Å²) in [6.45, 7) is 0. The molecule has 2 amide bonds. The number of rotatable bonds is 7. The lowest BCUT2D eigenvalue weighted by atomic mass is 9.81. The predicted molar refractivity (Wildman–Crippen MR) is 139 cm³/mol. The number of para-hydroxylation sites is 1. The number of hydrogen-bond acceptors (Lipinski definition) is 6. The van der Waals surface area contributed by atoms with Gasteiger partial charge in [0.05, 0.1) is 30.2 Å². The Hall–Kier alpha value is -4.26. The third-order valence-electron chi connectivity index (χ3n) is 8.23. The first-order valence-corrected chi connectivity index (χ1v) is 12.9. The van der Waals surface area contributed by atoms with Crippen LogP contribution in [0.4, 0.5) is 5.69 Å². The zero-order valence-electron chi connectivity index (χ0n) is 20.9. The van der Waals surface area contributed by atoms with Crippen molar-refractivity contribution in [1.29, 1.82) is 0 Å². The molecule has 3 aromatic carbocycles. The van der Waals surface area contributed by atoms with Gasteiger partial charge in [-0.1, -0.05) is 42.5 Å². The summed E-state index contributed by atoms with van der Waals surface area (Å²) in [4.78, 5) is 55.2. The topological polar surface area (TPSA) is 90.0 Å². The van der Waals surface area contributed by atoms with E-state index in [1.54, 1.807) is 66.7 Å². The van der Waals surface area contributed by atoms with E-state index >= 15 is 0 Å². The second-order valence-corrected chi connectivity index (χ2v) is 10.2. The maximum absolute atomic E-state index is 13.6. The van der Waals surface area contributed by atoms with Crippen molar-refractivity contribution < 1.29 is 28.7 Å². The summed E-state index contributed by atoms with van der Waals surface area (Å²) in [6, 6.07) is 21.8. The molecule has 2 bridgehead atoms. The molecule has 0 unspecified atom stereocenters. The molecule has 1 aliphatic heterocycles. The third-order valence-corrected chi connectivity index (χ3v) is 8.23. The van der Waals surface area contributed by atoms with Crippen molar-refractivity contribution >= 4 is 29.3 Å². The van der Waals surface area contributed by atoms with E-state index in [4.69, 9.17) is 9.47 Å². The third kappa shape index (κ3) is 3.90. The molecule has 0 aromatic heterocycles. The minimum atomic E-state index is -1.22. The smallest absolute Gasteiger partial charge is 0.341 e. The van der Waals surface area contributed by atoms with Crippen LogP contribution in [0.25, 0.3) is 0 Å². The van der Waals surface area contributed by atoms with Crippen LogP contribution in [0.15, 0.2) is 78.9 Å². The van der Waals surface area contributed by atoms with E-state index in [9.17, 15) is 19.2 Å². The lowest BCUT2D eigenvalue weighted by Crippen LogP contribution is -2.34. The fourth-order valence-corrected chi connectivity index (χ4v) is 6.47. The molecule has 6 rings (SSSR count). The van der Waals surface area contributed by atoms with E-state index in [2.05, 4.69) is 0 Å².